The van der Waals surface area contributed by atoms with Gasteiger partial charge < -0.3 is 4.57 Å². The van der Waals surface area contributed by atoms with Gasteiger partial charge in [0, 0.05) is 29.6 Å². The first kappa shape index (κ1) is 13.5. The lowest BCUT2D eigenvalue weighted by Gasteiger charge is -2.15. The van der Waals surface area contributed by atoms with Crippen LogP contribution in [0.15, 0.2) is 23.8 Å². The van der Waals surface area contributed by atoms with Crippen molar-refractivity contribution in [3.8, 4) is 0 Å². The van der Waals surface area contributed by atoms with Crippen molar-refractivity contribution in [3.05, 3.63) is 40.4 Å². The summed E-state index contributed by atoms with van der Waals surface area (Å²) in [4.78, 5) is 13.4. The molecule has 0 fully saturated rings. The number of aryl methyl sites for hydroxylation is 2. The van der Waals surface area contributed by atoms with Crippen LogP contribution in [-0.2, 0) is 6.42 Å². The molecule has 104 valence electrons. The summed E-state index contributed by atoms with van der Waals surface area (Å²) in [6.07, 6.45) is 4.33. The Hall–Kier alpha value is -1.46. The minimum atomic E-state index is 0.152. The highest BCUT2D eigenvalue weighted by Gasteiger charge is 2.19. The maximum absolute atomic E-state index is 5.91. The van der Waals surface area contributed by atoms with Crippen LogP contribution in [0.4, 0.5) is 0 Å². The van der Waals surface area contributed by atoms with E-state index >= 15 is 0 Å². The van der Waals surface area contributed by atoms with Crippen LogP contribution in [0.25, 0.3) is 11.0 Å². The third kappa shape index (κ3) is 2.31. The molecule has 3 rings (SSSR count). The van der Waals surface area contributed by atoms with Crippen molar-refractivity contribution in [3.63, 3.8) is 0 Å². The molecular weight excluding hydrogens is 292 g/mol. The molecule has 4 nitrogen and oxygen atoms in total. The smallest absolute Gasteiger partial charge is 0.116 e. The van der Waals surface area contributed by atoms with Gasteiger partial charge in [-0.15, -0.1) is 22.9 Å². The van der Waals surface area contributed by atoms with E-state index in [1.165, 1.54) is 0 Å². The number of hydrogen-bond acceptors (Lipinski definition) is 4. The maximum atomic E-state index is 5.91. The van der Waals surface area contributed by atoms with Gasteiger partial charge in [-0.3, -0.25) is 4.98 Å². The molecule has 0 saturated carbocycles. The quantitative estimate of drug-likeness (QED) is 0.692. The summed E-state index contributed by atoms with van der Waals surface area (Å²) in [5, 5.41) is 3.17. The number of thiazole rings is 1. The van der Waals surface area contributed by atoms with Crippen LogP contribution in [0.3, 0.4) is 0 Å². The molecule has 1 atom stereocenters. The highest BCUT2D eigenvalue weighted by atomic mass is 35.5. The number of rotatable bonds is 4. The van der Waals surface area contributed by atoms with E-state index in [0.717, 1.165) is 34.0 Å². The number of alkyl halides is 1. The van der Waals surface area contributed by atoms with Crippen molar-refractivity contribution < 1.29 is 0 Å². The van der Waals surface area contributed by atoms with Gasteiger partial charge in [0.25, 0.3) is 0 Å². The van der Waals surface area contributed by atoms with Crippen molar-refractivity contribution in [2.75, 3.05) is 5.88 Å². The molecule has 0 amide bonds. The molecule has 0 spiro atoms. The topological polar surface area (TPSA) is 43.6 Å². The van der Waals surface area contributed by atoms with E-state index in [1.54, 1.807) is 23.7 Å². The minimum Gasteiger partial charge on any atom is -0.318 e. The zero-order chi connectivity index (χ0) is 14.1. The lowest BCUT2D eigenvalue weighted by Crippen LogP contribution is -2.11. The Balaban J connectivity index is 2.15. The Morgan fingerprint density at radius 1 is 1.40 bits per heavy atom. The zero-order valence-corrected chi connectivity index (χ0v) is 12.9. The molecule has 1 unspecified atom stereocenters. The number of imidazole rings is 1. The molecule has 0 radical (unpaired) electrons. The van der Waals surface area contributed by atoms with Crippen molar-refractivity contribution in [2.45, 2.75) is 26.3 Å². The molecule has 6 heteroatoms. The number of halogens is 1. The summed E-state index contributed by atoms with van der Waals surface area (Å²) < 4.78 is 2.22. The summed E-state index contributed by atoms with van der Waals surface area (Å²) in [5.74, 6) is 1.55. The lowest BCUT2D eigenvalue weighted by atomic mass is 10.3. The average molecular weight is 307 g/mol. The Morgan fingerprint density at radius 3 is 2.95 bits per heavy atom. The van der Waals surface area contributed by atoms with Gasteiger partial charge in [0.15, 0.2) is 0 Å². The lowest BCUT2D eigenvalue weighted by molar-refractivity contribution is 0.619. The Labute approximate surface area is 126 Å². The monoisotopic (exact) mass is 306 g/mol. The molecule has 0 aliphatic carbocycles. The molecule has 3 aromatic heterocycles. The normalized spacial score (nSPS) is 12.9. The van der Waals surface area contributed by atoms with Crippen LogP contribution < -0.4 is 0 Å². The van der Waals surface area contributed by atoms with Crippen LogP contribution in [0, 0.1) is 6.92 Å². The summed E-state index contributed by atoms with van der Waals surface area (Å²) in [6.45, 7) is 4.17. The number of fused-ring (bicyclic) bond motifs is 1. The molecule has 3 aromatic rings. The van der Waals surface area contributed by atoms with Gasteiger partial charge >= 0.3 is 0 Å². The fourth-order valence-electron chi connectivity index (χ4n) is 2.37. The summed E-state index contributed by atoms with van der Waals surface area (Å²) >= 11 is 7.59. The van der Waals surface area contributed by atoms with E-state index in [2.05, 4.69) is 31.8 Å². The molecule has 20 heavy (non-hydrogen) atoms. The Morgan fingerprint density at radius 2 is 2.25 bits per heavy atom. The van der Waals surface area contributed by atoms with Gasteiger partial charge in [-0.05, 0) is 19.9 Å². The molecule has 0 aromatic carbocycles. The molecule has 0 aliphatic heterocycles. The second-order valence-corrected chi connectivity index (χ2v) is 5.97. The number of aromatic nitrogens is 4. The first-order valence-corrected chi connectivity index (χ1v) is 7.91. The van der Waals surface area contributed by atoms with Crippen molar-refractivity contribution in [1.82, 2.24) is 19.5 Å². The van der Waals surface area contributed by atoms with Crippen LogP contribution in [-0.4, -0.2) is 25.4 Å². The Bertz CT molecular complexity index is 734. The Kier molecular flexibility index (Phi) is 3.72. The van der Waals surface area contributed by atoms with Gasteiger partial charge in [-0.1, -0.05) is 0 Å². The SMILES string of the molecule is Cc1csc(C(C)n2c(CCCl)nc3cnccc32)n1. The van der Waals surface area contributed by atoms with Crippen LogP contribution in [0.1, 0.15) is 29.5 Å². The van der Waals surface area contributed by atoms with Gasteiger partial charge in [-0.2, -0.15) is 0 Å². The van der Waals surface area contributed by atoms with Gasteiger partial charge in [0.05, 0.1) is 17.8 Å². The van der Waals surface area contributed by atoms with E-state index < -0.39 is 0 Å². The molecule has 0 N–H and O–H groups in total. The number of nitrogens with zero attached hydrogens (tertiary/aromatic N) is 4. The molecule has 0 aliphatic rings. The van der Waals surface area contributed by atoms with Gasteiger partial charge in [-0.25, -0.2) is 9.97 Å². The van der Waals surface area contributed by atoms with E-state index in [9.17, 15) is 0 Å². The van der Waals surface area contributed by atoms with Crippen molar-refractivity contribution in [1.29, 1.82) is 0 Å². The van der Waals surface area contributed by atoms with Crippen LogP contribution in [0.5, 0.6) is 0 Å². The number of pyridine rings is 1. The second-order valence-electron chi connectivity index (χ2n) is 4.70. The van der Waals surface area contributed by atoms with Gasteiger partial charge in [0.2, 0.25) is 0 Å². The third-order valence-electron chi connectivity index (χ3n) is 3.26. The standard InChI is InChI=1S/C14H15ClN4S/c1-9-8-20-14(17-9)10(2)19-12-4-6-16-7-11(12)18-13(19)3-5-15/h4,6-8,10H,3,5H2,1-2H3. The zero-order valence-electron chi connectivity index (χ0n) is 11.4. The fraction of sp³-hybridized carbons (Fsp3) is 0.357. The van der Waals surface area contributed by atoms with E-state index in [4.69, 9.17) is 11.6 Å². The summed E-state index contributed by atoms with van der Waals surface area (Å²) in [5.41, 5.74) is 3.05. The third-order valence-corrected chi connectivity index (χ3v) is 4.59. The highest BCUT2D eigenvalue weighted by molar-refractivity contribution is 7.09. The largest absolute Gasteiger partial charge is 0.318 e. The molecule has 0 bridgehead atoms. The van der Waals surface area contributed by atoms with Crippen LogP contribution in [0.2, 0.25) is 0 Å². The minimum absolute atomic E-state index is 0.152. The van der Waals surface area contributed by atoms with Crippen molar-refractivity contribution >= 4 is 34.0 Å². The van der Waals surface area contributed by atoms with E-state index in [1.807, 2.05) is 13.0 Å². The average Bonchev–Trinajstić information content (AvgIpc) is 3.02. The summed E-state index contributed by atoms with van der Waals surface area (Å²) in [7, 11) is 0. The van der Waals surface area contributed by atoms with E-state index in [-0.39, 0.29) is 6.04 Å². The predicted octanol–water partition coefficient (Wildman–Crippen LogP) is 3.59. The first-order chi connectivity index (χ1) is 9.70. The predicted molar refractivity (Wildman–Crippen MR) is 82.6 cm³/mol. The fourth-order valence-corrected chi connectivity index (χ4v) is 3.38. The summed E-state index contributed by atoms with van der Waals surface area (Å²) in [6, 6.07) is 2.15. The van der Waals surface area contributed by atoms with Crippen molar-refractivity contribution in [2.24, 2.45) is 0 Å². The second kappa shape index (κ2) is 5.50. The maximum Gasteiger partial charge on any atom is 0.116 e. The highest BCUT2D eigenvalue weighted by Crippen LogP contribution is 2.27. The van der Waals surface area contributed by atoms with E-state index in [0.29, 0.717) is 5.88 Å². The van der Waals surface area contributed by atoms with Crippen LogP contribution >= 0.6 is 22.9 Å². The van der Waals surface area contributed by atoms with Gasteiger partial charge in [0.1, 0.15) is 16.3 Å². The molecule has 3 heterocycles. The number of hydrogen-bond donors (Lipinski definition) is 0. The molecule has 0 saturated heterocycles. The molecular formula is C14H15ClN4S. The first-order valence-electron chi connectivity index (χ1n) is 6.49.